The van der Waals surface area contributed by atoms with Crippen molar-refractivity contribution in [2.24, 2.45) is 0 Å². The Hall–Kier alpha value is -1.69. The molecule has 1 fully saturated rings. The Labute approximate surface area is 106 Å². The molecule has 1 atom stereocenters. The Balaban J connectivity index is 1.84. The van der Waals surface area contributed by atoms with Crippen molar-refractivity contribution in [2.75, 3.05) is 13.2 Å². The van der Waals surface area contributed by atoms with Crippen molar-refractivity contribution in [3.8, 4) is 5.88 Å². The number of ether oxygens (including phenoxy) is 1. The minimum absolute atomic E-state index is 0.0749. The van der Waals surface area contributed by atoms with Crippen LogP contribution < -0.4 is 10.1 Å². The fourth-order valence-corrected chi connectivity index (χ4v) is 2.10. The number of nitro groups is 1. The second kappa shape index (κ2) is 6.30. The predicted molar refractivity (Wildman–Crippen MR) is 66.6 cm³/mol. The van der Waals surface area contributed by atoms with Crippen molar-refractivity contribution in [2.45, 2.75) is 31.7 Å². The van der Waals surface area contributed by atoms with Crippen molar-refractivity contribution in [3.05, 3.63) is 28.4 Å². The lowest BCUT2D eigenvalue weighted by Gasteiger charge is -2.23. The maximum Gasteiger partial charge on any atom is 0.330 e. The average molecular weight is 251 g/mol. The van der Waals surface area contributed by atoms with Crippen LogP contribution in [0.1, 0.15) is 25.7 Å². The van der Waals surface area contributed by atoms with Crippen LogP contribution in [0.25, 0.3) is 0 Å². The second-order valence-electron chi connectivity index (χ2n) is 4.37. The second-order valence-corrected chi connectivity index (χ2v) is 4.37. The number of piperidine rings is 1. The van der Waals surface area contributed by atoms with Gasteiger partial charge in [-0.15, -0.1) is 0 Å². The van der Waals surface area contributed by atoms with Crippen LogP contribution in [-0.2, 0) is 0 Å². The Bertz CT molecular complexity index is 405. The molecule has 2 rings (SSSR count). The van der Waals surface area contributed by atoms with Crippen molar-refractivity contribution in [1.82, 2.24) is 10.3 Å². The molecule has 1 aliphatic rings. The van der Waals surface area contributed by atoms with Crippen molar-refractivity contribution < 1.29 is 9.66 Å². The van der Waals surface area contributed by atoms with Gasteiger partial charge in [0.05, 0.1) is 11.5 Å². The Morgan fingerprint density at radius 1 is 1.56 bits per heavy atom. The number of nitrogens with zero attached hydrogens (tertiary/aromatic N) is 2. The quantitative estimate of drug-likeness (QED) is 0.638. The van der Waals surface area contributed by atoms with E-state index in [1.54, 1.807) is 0 Å². The summed E-state index contributed by atoms with van der Waals surface area (Å²) >= 11 is 0. The van der Waals surface area contributed by atoms with Crippen LogP contribution in [0.3, 0.4) is 0 Å². The van der Waals surface area contributed by atoms with Gasteiger partial charge in [-0.3, -0.25) is 10.1 Å². The maximum absolute atomic E-state index is 10.8. The number of hydrogen-bond donors (Lipinski definition) is 1. The number of aromatic nitrogens is 1. The number of rotatable bonds is 5. The van der Waals surface area contributed by atoms with Crippen LogP contribution in [0.4, 0.5) is 5.69 Å². The van der Waals surface area contributed by atoms with Crippen molar-refractivity contribution in [1.29, 1.82) is 0 Å². The molecule has 18 heavy (non-hydrogen) atoms. The van der Waals surface area contributed by atoms with E-state index in [2.05, 4.69) is 10.3 Å². The SMILES string of the molecule is O=[N+]([O-])c1cccnc1OCC[C@H]1CCCCN1. The van der Waals surface area contributed by atoms with Crippen molar-refractivity contribution in [3.63, 3.8) is 0 Å². The van der Waals surface area contributed by atoms with Gasteiger partial charge in [0, 0.05) is 18.3 Å². The zero-order chi connectivity index (χ0) is 12.8. The Morgan fingerprint density at radius 3 is 3.17 bits per heavy atom. The Morgan fingerprint density at radius 2 is 2.44 bits per heavy atom. The van der Waals surface area contributed by atoms with Crippen LogP contribution >= 0.6 is 0 Å². The van der Waals surface area contributed by atoms with Gasteiger partial charge in [0.2, 0.25) is 0 Å². The molecular formula is C12H17N3O3. The van der Waals surface area contributed by atoms with Gasteiger partial charge in [-0.05, 0) is 31.9 Å². The van der Waals surface area contributed by atoms with Gasteiger partial charge in [0.15, 0.2) is 0 Å². The summed E-state index contributed by atoms with van der Waals surface area (Å²) in [5, 5.41) is 14.2. The molecule has 0 spiro atoms. The zero-order valence-electron chi connectivity index (χ0n) is 10.2. The van der Waals surface area contributed by atoms with E-state index in [1.807, 2.05) is 0 Å². The number of nitrogens with one attached hydrogen (secondary N) is 1. The van der Waals surface area contributed by atoms with Gasteiger partial charge >= 0.3 is 5.69 Å². The first-order chi connectivity index (χ1) is 8.77. The topological polar surface area (TPSA) is 77.3 Å². The standard InChI is InChI=1S/C12H17N3O3/c16-15(17)11-5-3-8-14-12(11)18-9-6-10-4-1-2-7-13-10/h3,5,8,10,13H,1-2,4,6-7,9H2/t10-/m1/s1. The molecule has 1 aliphatic heterocycles. The van der Waals surface area contributed by atoms with E-state index in [1.165, 1.54) is 31.2 Å². The molecule has 0 bridgehead atoms. The van der Waals surface area contributed by atoms with Gasteiger partial charge in [-0.1, -0.05) is 6.42 Å². The van der Waals surface area contributed by atoms with Gasteiger partial charge in [0.1, 0.15) is 0 Å². The van der Waals surface area contributed by atoms with Crippen LogP contribution in [0.5, 0.6) is 5.88 Å². The summed E-state index contributed by atoms with van der Waals surface area (Å²) in [5.74, 6) is 0.110. The molecule has 0 unspecified atom stereocenters. The van der Waals surface area contributed by atoms with Crippen molar-refractivity contribution >= 4 is 5.69 Å². The first-order valence-electron chi connectivity index (χ1n) is 6.23. The third-order valence-corrected chi connectivity index (χ3v) is 3.07. The molecule has 0 saturated carbocycles. The van der Waals surface area contributed by atoms with E-state index >= 15 is 0 Å². The molecule has 98 valence electrons. The van der Waals surface area contributed by atoms with E-state index in [0.29, 0.717) is 12.6 Å². The minimum atomic E-state index is -0.471. The zero-order valence-corrected chi connectivity index (χ0v) is 10.2. The smallest absolute Gasteiger partial charge is 0.330 e. The summed E-state index contributed by atoms with van der Waals surface area (Å²) in [5.41, 5.74) is -0.0749. The summed E-state index contributed by atoms with van der Waals surface area (Å²) in [4.78, 5) is 14.2. The van der Waals surface area contributed by atoms with E-state index in [-0.39, 0.29) is 11.6 Å². The molecule has 1 aromatic rings. The van der Waals surface area contributed by atoms with E-state index in [9.17, 15) is 10.1 Å². The highest BCUT2D eigenvalue weighted by atomic mass is 16.6. The molecule has 0 aliphatic carbocycles. The number of pyridine rings is 1. The normalized spacial score (nSPS) is 19.4. The lowest BCUT2D eigenvalue weighted by molar-refractivity contribution is -0.386. The first kappa shape index (κ1) is 12.8. The molecule has 0 aromatic carbocycles. The van der Waals surface area contributed by atoms with Gasteiger partial charge < -0.3 is 10.1 Å². The highest BCUT2D eigenvalue weighted by Gasteiger charge is 2.17. The fourth-order valence-electron chi connectivity index (χ4n) is 2.10. The largest absolute Gasteiger partial charge is 0.473 e. The lowest BCUT2D eigenvalue weighted by Crippen LogP contribution is -2.35. The van der Waals surface area contributed by atoms with Crippen LogP contribution in [0.2, 0.25) is 0 Å². The summed E-state index contributed by atoms with van der Waals surface area (Å²) in [6.45, 7) is 1.50. The Kier molecular flexibility index (Phi) is 4.46. The van der Waals surface area contributed by atoms with Crippen LogP contribution in [0, 0.1) is 10.1 Å². The van der Waals surface area contributed by atoms with Crippen LogP contribution in [0.15, 0.2) is 18.3 Å². The van der Waals surface area contributed by atoms with Gasteiger partial charge in [0.25, 0.3) is 5.88 Å². The van der Waals surface area contributed by atoms with E-state index in [4.69, 9.17) is 4.74 Å². The molecule has 2 heterocycles. The number of hydrogen-bond acceptors (Lipinski definition) is 5. The highest BCUT2D eigenvalue weighted by Crippen LogP contribution is 2.23. The monoisotopic (exact) mass is 251 g/mol. The molecule has 6 heteroatoms. The molecule has 1 aromatic heterocycles. The highest BCUT2D eigenvalue weighted by molar-refractivity contribution is 5.39. The van der Waals surface area contributed by atoms with E-state index < -0.39 is 4.92 Å². The third-order valence-electron chi connectivity index (χ3n) is 3.07. The van der Waals surface area contributed by atoms with Crippen LogP contribution in [-0.4, -0.2) is 29.1 Å². The summed E-state index contributed by atoms with van der Waals surface area (Å²) in [7, 11) is 0. The van der Waals surface area contributed by atoms with Gasteiger partial charge in [-0.25, -0.2) is 4.98 Å². The predicted octanol–water partition coefficient (Wildman–Crippen LogP) is 1.90. The molecule has 1 saturated heterocycles. The first-order valence-corrected chi connectivity index (χ1v) is 6.23. The van der Waals surface area contributed by atoms with E-state index in [0.717, 1.165) is 19.4 Å². The third kappa shape index (κ3) is 3.40. The summed E-state index contributed by atoms with van der Waals surface area (Å²) in [6, 6.07) is 3.40. The molecular weight excluding hydrogens is 234 g/mol. The fraction of sp³-hybridized carbons (Fsp3) is 0.583. The molecule has 0 radical (unpaired) electrons. The molecule has 1 N–H and O–H groups in total. The molecule has 0 amide bonds. The average Bonchev–Trinajstić information content (AvgIpc) is 2.40. The maximum atomic E-state index is 10.8. The molecule has 6 nitrogen and oxygen atoms in total. The minimum Gasteiger partial charge on any atom is -0.473 e. The summed E-state index contributed by atoms with van der Waals surface area (Å²) in [6.07, 6.45) is 5.97. The van der Waals surface area contributed by atoms with Gasteiger partial charge in [-0.2, -0.15) is 0 Å². The summed E-state index contributed by atoms with van der Waals surface area (Å²) < 4.78 is 5.41. The lowest BCUT2D eigenvalue weighted by atomic mass is 10.0.